The summed E-state index contributed by atoms with van der Waals surface area (Å²) in [4.78, 5) is 17.8. The number of benzene rings is 2. The van der Waals surface area contributed by atoms with Crippen molar-refractivity contribution in [3.63, 3.8) is 0 Å². The molecule has 4 nitrogen and oxygen atoms in total. The number of carbonyl (C=O) groups is 2. The fourth-order valence-corrected chi connectivity index (χ4v) is 22.9. The van der Waals surface area contributed by atoms with Gasteiger partial charge in [0.05, 0.1) is 0 Å². The van der Waals surface area contributed by atoms with Crippen LogP contribution in [0.5, 0.6) is 0 Å². The maximum absolute atomic E-state index is 10.6. The minimum Gasteiger partial charge on any atom is -0.475 e. The molecule has 6 rings (SSSR count). The Balaban J connectivity index is 0.000000411. The van der Waals surface area contributed by atoms with E-state index in [9.17, 15) is 26.3 Å². The molecule has 2 aromatic carbocycles. The second-order valence-corrected chi connectivity index (χ2v) is 27.6. The first-order valence-electron chi connectivity index (χ1n) is 19.0. The Morgan fingerprint density at radius 3 is 0.661 bits per heavy atom. The van der Waals surface area contributed by atoms with Gasteiger partial charge in [0.1, 0.15) is 0 Å². The third-order valence-corrected chi connectivity index (χ3v) is 25.0. The quantitative estimate of drug-likeness (QED) is 0.182. The normalized spacial score (nSPS) is 28.4. The van der Waals surface area contributed by atoms with E-state index in [1.165, 1.54) is 51.4 Å². The molecular weight excluding hydrogens is 988 g/mol. The summed E-state index contributed by atoms with van der Waals surface area (Å²) in [6.45, 7) is 20.0. The van der Waals surface area contributed by atoms with Crippen molar-refractivity contribution >= 4 is 64.8 Å². The van der Waals surface area contributed by atoms with E-state index < -0.39 is 24.3 Å². The monoisotopic (exact) mass is 1050 g/mol. The number of hydrogen-bond donors (Lipinski definition) is 2. The Morgan fingerprint density at radius 2 is 0.554 bits per heavy atom. The molecule has 4 saturated heterocycles. The predicted octanol–water partition coefficient (Wildman–Crippen LogP) is 11.3. The van der Waals surface area contributed by atoms with Gasteiger partial charge in [-0.15, -0.1) is 0 Å². The van der Waals surface area contributed by atoms with Crippen molar-refractivity contribution in [2.24, 2.45) is 0 Å². The van der Waals surface area contributed by atoms with Crippen molar-refractivity contribution in [1.82, 2.24) is 0 Å². The van der Waals surface area contributed by atoms with E-state index in [2.05, 4.69) is 104 Å². The molecule has 2 aromatic rings. The molecule has 16 heteroatoms. The summed E-state index contributed by atoms with van der Waals surface area (Å²) in [6.07, 6.45) is 1.42. The third kappa shape index (κ3) is 14.5. The molecule has 0 bridgehead atoms. The molecule has 56 heavy (non-hydrogen) atoms. The average Bonchev–Trinajstić information content (AvgIpc) is 3.82. The Morgan fingerprint density at radius 1 is 0.429 bits per heavy atom. The topological polar surface area (TPSA) is 74.6 Å². The van der Waals surface area contributed by atoms with Gasteiger partial charge in [0.25, 0.3) is 0 Å². The van der Waals surface area contributed by atoms with Crippen LogP contribution in [0.15, 0.2) is 48.5 Å². The Kier molecular flexibility index (Phi) is 22.9. The van der Waals surface area contributed by atoms with Crippen LogP contribution in [0.25, 0.3) is 0 Å². The van der Waals surface area contributed by atoms with Crippen LogP contribution >= 0.6 is 31.7 Å². The van der Waals surface area contributed by atoms with E-state index >= 15 is 0 Å². The Labute approximate surface area is 360 Å². The van der Waals surface area contributed by atoms with Crippen molar-refractivity contribution in [3.05, 3.63) is 48.5 Å². The molecule has 2 radical (unpaired) electrons. The third-order valence-electron chi connectivity index (χ3n) is 11.2. The molecule has 0 spiro atoms. The summed E-state index contributed by atoms with van der Waals surface area (Å²) in [5.41, 5.74) is 7.48. The van der Waals surface area contributed by atoms with Crippen LogP contribution < -0.4 is 21.2 Å². The Bertz CT molecular complexity index is 1300. The molecule has 4 heterocycles. The van der Waals surface area contributed by atoms with Gasteiger partial charge >= 0.3 is 24.3 Å². The van der Waals surface area contributed by atoms with E-state index in [1.807, 2.05) is 0 Å². The number of carboxylic acid groups (broad SMARTS) is 2. The largest absolute Gasteiger partial charge is 0.490 e. The van der Waals surface area contributed by atoms with Gasteiger partial charge < -0.3 is 10.2 Å². The zero-order valence-corrected chi connectivity index (χ0v) is 40.2. The standard InChI is InChI=1S/2C18H28P2.2C2HF3O2.2Rh/c2*1-13-9-10-14(2)19(13)17-7-5-6-8-18(17)20-15(3)11-12-16(20)4;2*3-2(4,5)1(6)7;;/h2*5-8,13-16H,9-12H2,1-4H3;2*(H,6,7);;/t2*13-,14-,15-,16-;;;;/m00..../s1. The fraction of sp³-hybridized carbons (Fsp3) is 0.650. The van der Waals surface area contributed by atoms with Gasteiger partial charge in [-0.25, -0.2) is 9.59 Å². The van der Waals surface area contributed by atoms with Gasteiger partial charge in [0, 0.05) is 39.0 Å². The number of carboxylic acids is 2. The van der Waals surface area contributed by atoms with Gasteiger partial charge in [0.15, 0.2) is 0 Å². The smallest absolute Gasteiger partial charge is 0.475 e. The zero-order chi connectivity index (χ0) is 40.7. The van der Waals surface area contributed by atoms with Crippen LogP contribution in [0.1, 0.15) is 107 Å². The SMILES string of the molecule is C[C@H]1CC[C@H](C)P1c1ccccc1P1[C@@H](C)CC[C@@H]1C.C[C@H]1CC[C@H](C)P1c1ccccc1P1[C@@H](C)CC[C@@H]1C.O=C(O)C(F)(F)F.O=C(O)C(F)(F)F.[Rh].[Rh]. The Hall–Kier alpha value is -0.0732. The van der Waals surface area contributed by atoms with Crippen LogP contribution in [-0.4, -0.2) is 79.8 Å². The van der Waals surface area contributed by atoms with E-state index in [0.717, 1.165) is 45.3 Å². The second-order valence-electron chi connectivity index (χ2n) is 15.3. The van der Waals surface area contributed by atoms with E-state index in [-0.39, 0.29) is 70.6 Å². The molecular formula is C40H58F6O4P4Rh2. The summed E-state index contributed by atoms with van der Waals surface area (Å²) in [5, 5.41) is 21.4. The van der Waals surface area contributed by atoms with Gasteiger partial charge in [-0.1, -0.05) is 136 Å². The maximum Gasteiger partial charge on any atom is 0.490 e. The number of hydrogen-bond acceptors (Lipinski definition) is 2. The summed E-state index contributed by atoms with van der Waals surface area (Å²) in [7, 11) is 0.314. The molecule has 0 aromatic heterocycles. The minimum atomic E-state index is -5.08. The van der Waals surface area contributed by atoms with Crippen LogP contribution in [0.2, 0.25) is 0 Å². The number of halogens is 6. The predicted molar refractivity (Wildman–Crippen MR) is 219 cm³/mol. The second kappa shape index (κ2) is 23.8. The van der Waals surface area contributed by atoms with Crippen LogP contribution in [0, 0.1) is 0 Å². The summed E-state index contributed by atoms with van der Waals surface area (Å²) < 4.78 is 63.5. The zero-order valence-electron chi connectivity index (χ0n) is 33.3. The van der Waals surface area contributed by atoms with Crippen LogP contribution in [-0.2, 0) is 48.5 Å². The number of alkyl halides is 6. The molecule has 0 amide bonds. The average molecular weight is 1050 g/mol. The molecule has 0 saturated carbocycles. The molecule has 8 atom stereocenters. The summed E-state index contributed by atoms with van der Waals surface area (Å²) in [5.74, 6) is -5.51. The number of rotatable bonds is 4. The van der Waals surface area contributed by atoms with Gasteiger partial charge in [0.2, 0.25) is 0 Å². The van der Waals surface area contributed by atoms with E-state index in [4.69, 9.17) is 19.8 Å². The first-order chi connectivity index (χ1) is 25.1. The van der Waals surface area contributed by atoms with E-state index in [0.29, 0.717) is 0 Å². The van der Waals surface area contributed by atoms with E-state index in [1.54, 1.807) is 21.2 Å². The molecule has 0 aliphatic carbocycles. The molecule has 0 unspecified atom stereocenters. The van der Waals surface area contributed by atoms with Crippen molar-refractivity contribution in [3.8, 4) is 0 Å². The van der Waals surface area contributed by atoms with Crippen molar-refractivity contribution < 1.29 is 85.1 Å². The van der Waals surface area contributed by atoms with Gasteiger partial charge in [-0.3, -0.25) is 0 Å². The van der Waals surface area contributed by atoms with Crippen LogP contribution in [0.4, 0.5) is 26.3 Å². The fourth-order valence-electron chi connectivity index (χ4n) is 8.48. The summed E-state index contributed by atoms with van der Waals surface area (Å²) in [6, 6.07) is 19.1. The van der Waals surface area contributed by atoms with Gasteiger partial charge in [-0.05, 0) is 118 Å². The molecule has 2 N–H and O–H groups in total. The van der Waals surface area contributed by atoms with Gasteiger partial charge in [-0.2, -0.15) is 26.3 Å². The van der Waals surface area contributed by atoms with Crippen molar-refractivity contribution in [2.45, 2.75) is 164 Å². The first-order valence-corrected chi connectivity index (χ1v) is 24.9. The molecule has 4 fully saturated rings. The molecule has 322 valence electrons. The van der Waals surface area contributed by atoms with Crippen molar-refractivity contribution in [2.75, 3.05) is 0 Å². The molecule has 4 aliphatic heterocycles. The first kappa shape index (κ1) is 53.9. The summed E-state index contributed by atoms with van der Waals surface area (Å²) >= 11 is 0. The minimum absolute atomic E-state index is 0. The maximum atomic E-state index is 10.6. The van der Waals surface area contributed by atoms with Crippen molar-refractivity contribution in [1.29, 1.82) is 0 Å². The van der Waals surface area contributed by atoms with Crippen LogP contribution in [0.3, 0.4) is 0 Å². The number of aliphatic carboxylic acids is 2. The molecule has 4 aliphatic rings.